The smallest absolute Gasteiger partial charge is 0.270 e. The van der Waals surface area contributed by atoms with Crippen LogP contribution in [-0.4, -0.2) is 28.8 Å². The van der Waals surface area contributed by atoms with E-state index in [1.165, 1.54) is 24.3 Å². The van der Waals surface area contributed by atoms with E-state index in [0.717, 1.165) is 6.07 Å². The number of hydrogen-bond donors (Lipinski definition) is 2. The minimum atomic E-state index is -0.608. The molecule has 0 bridgehead atoms. The number of nitro benzene ring substituents is 2. The first-order chi connectivity index (χ1) is 11.9. The van der Waals surface area contributed by atoms with Crippen LogP contribution in [-0.2, 0) is 0 Å². The lowest BCUT2D eigenvalue weighted by Crippen LogP contribution is -2.29. The van der Waals surface area contributed by atoms with Crippen LogP contribution in [0.3, 0.4) is 0 Å². The van der Waals surface area contributed by atoms with Gasteiger partial charge >= 0.3 is 0 Å². The molecule has 0 unspecified atom stereocenters. The van der Waals surface area contributed by atoms with Gasteiger partial charge in [-0.1, -0.05) is 11.6 Å². The zero-order valence-electron chi connectivity index (χ0n) is 12.8. The molecule has 2 N–H and O–H groups in total. The molecular weight excluding hydrogens is 352 g/mol. The number of anilines is 1. The zero-order valence-corrected chi connectivity index (χ0v) is 13.5. The number of rotatable bonds is 7. The highest BCUT2D eigenvalue weighted by Gasteiger charge is 2.15. The van der Waals surface area contributed by atoms with E-state index in [9.17, 15) is 25.0 Å². The lowest BCUT2D eigenvalue weighted by Gasteiger charge is -2.09. The van der Waals surface area contributed by atoms with Crippen LogP contribution >= 0.6 is 11.6 Å². The van der Waals surface area contributed by atoms with Gasteiger partial charge in [0.1, 0.15) is 0 Å². The summed E-state index contributed by atoms with van der Waals surface area (Å²) < 4.78 is 0. The minimum absolute atomic E-state index is 0.0147. The fourth-order valence-electron chi connectivity index (χ4n) is 1.98. The van der Waals surface area contributed by atoms with Gasteiger partial charge < -0.3 is 10.6 Å². The second-order valence-corrected chi connectivity index (χ2v) is 5.32. The van der Waals surface area contributed by atoms with E-state index in [4.69, 9.17) is 11.6 Å². The average molecular weight is 365 g/mol. The lowest BCUT2D eigenvalue weighted by atomic mass is 10.2. The fourth-order valence-corrected chi connectivity index (χ4v) is 2.18. The van der Waals surface area contributed by atoms with Gasteiger partial charge in [0.25, 0.3) is 17.3 Å². The van der Waals surface area contributed by atoms with E-state index in [-0.39, 0.29) is 28.5 Å². The molecule has 0 fully saturated rings. The van der Waals surface area contributed by atoms with Crippen LogP contribution in [0.4, 0.5) is 17.1 Å². The number of nitro groups is 2. The number of carbonyl (C=O) groups excluding carboxylic acids is 1. The van der Waals surface area contributed by atoms with Crippen LogP contribution in [0.2, 0.25) is 5.02 Å². The molecule has 0 saturated heterocycles. The molecule has 0 atom stereocenters. The molecule has 0 radical (unpaired) electrons. The van der Waals surface area contributed by atoms with Crippen molar-refractivity contribution >= 4 is 34.6 Å². The summed E-state index contributed by atoms with van der Waals surface area (Å²) in [5, 5.41) is 27.0. The first-order valence-electron chi connectivity index (χ1n) is 7.09. The van der Waals surface area contributed by atoms with Gasteiger partial charge in [-0.25, -0.2) is 0 Å². The molecule has 2 aromatic rings. The molecule has 0 saturated carbocycles. The van der Waals surface area contributed by atoms with E-state index in [0.29, 0.717) is 12.2 Å². The van der Waals surface area contributed by atoms with Crippen LogP contribution < -0.4 is 10.6 Å². The van der Waals surface area contributed by atoms with Gasteiger partial charge in [-0.3, -0.25) is 25.0 Å². The molecule has 0 heterocycles. The van der Waals surface area contributed by atoms with E-state index >= 15 is 0 Å². The predicted molar refractivity (Wildman–Crippen MR) is 92.0 cm³/mol. The van der Waals surface area contributed by atoms with Crippen molar-refractivity contribution in [3.8, 4) is 0 Å². The Kier molecular flexibility index (Phi) is 5.85. The topological polar surface area (TPSA) is 127 Å². The summed E-state index contributed by atoms with van der Waals surface area (Å²) in [6, 6.07) is 9.46. The van der Waals surface area contributed by atoms with Gasteiger partial charge in [-0.15, -0.1) is 0 Å². The molecule has 0 aliphatic heterocycles. The molecule has 0 aromatic heterocycles. The van der Waals surface area contributed by atoms with Crippen LogP contribution in [0.5, 0.6) is 0 Å². The van der Waals surface area contributed by atoms with Gasteiger partial charge in [-0.2, -0.15) is 0 Å². The average Bonchev–Trinajstić information content (AvgIpc) is 2.59. The standard InChI is InChI=1S/C15H13ClN4O5/c16-14-6-5-12(20(24)25)9-13(14)15(21)18-8-7-17-10-1-3-11(4-2-10)19(22)23/h1-6,9,17H,7-8H2,(H,18,21). The van der Waals surface area contributed by atoms with Crippen LogP contribution in [0.1, 0.15) is 10.4 Å². The van der Waals surface area contributed by atoms with Gasteiger partial charge in [0.2, 0.25) is 0 Å². The normalized spacial score (nSPS) is 10.1. The van der Waals surface area contributed by atoms with E-state index in [1.54, 1.807) is 12.1 Å². The fraction of sp³-hybridized carbons (Fsp3) is 0.133. The van der Waals surface area contributed by atoms with Crippen LogP contribution in [0, 0.1) is 20.2 Å². The number of nitrogens with one attached hydrogen (secondary N) is 2. The molecule has 10 heteroatoms. The maximum atomic E-state index is 12.1. The summed E-state index contributed by atoms with van der Waals surface area (Å²) >= 11 is 5.89. The SMILES string of the molecule is O=C(NCCNc1ccc([N+](=O)[O-])cc1)c1cc([N+](=O)[O-])ccc1Cl. The Hall–Kier alpha value is -3.20. The summed E-state index contributed by atoms with van der Waals surface area (Å²) in [7, 11) is 0. The van der Waals surface area contributed by atoms with E-state index in [2.05, 4.69) is 10.6 Å². The summed E-state index contributed by atoms with van der Waals surface area (Å²) in [5.74, 6) is -0.529. The summed E-state index contributed by atoms with van der Waals surface area (Å²) in [4.78, 5) is 32.3. The summed E-state index contributed by atoms with van der Waals surface area (Å²) in [5.41, 5.74) is 0.442. The first-order valence-corrected chi connectivity index (χ1v) is 7.47. The zero-order chi connectivity index (χ0) is 18.4. The van der Waals surface area contributed by atoms with Crippen molar-refractivity contribution < 1.29 is 14.6 Å². The van der Waals surface area contributed by atoms with Crippen molar-refractivity contribution in [1.29, 1.82) is 0 Å². The number of amides is 1. The van der Waals surface area contributed by atoms with Gasteiger partial charge in [0.15, 0.2) is 0 Å². The number of non-ortho nitro benzene ring substituents is 2. The Morgan fingerprint density at radius 2 is 1.56 bits per heavy atom. The molecule has 2 rings (SSSR count). The molecule has 0 spiro atoms. The first kappa shape index (κ1) is 18.1. The van der Waals surface area contributed by atoms with Gasteiger partial charge in [0.05, 0.1) is 20.4 Å². The van der Waals surface area contributed by atoms with Gasteiger partial charge in [0, 0.05) is 43.0 Å². The molecular formula is C15H13ClN4O5. The van der Waals surface area contributed by atoms with Crippen LogP contribution in [0.25, 0.3) is 0 Å². The van der Waals surface area contributed by atoms with Crippen molar-refractivity contribution in [2.75, 3.05) is 18.4 Å². The molecule has 25 heavy (non-hydrogen) atoms. The quantitative estimate of drug-likeness (QED) is 0.441. The summed E-state index contributed by atoms with van der Waals surface area (Å²) in [6.45, 7) is 0.588. The largest absolute Gasteiger partial charge is 0.383 e. The molecule has 1 amide bonds. The highest BCUT2D eigenvalue weighted by atomic mass is 35.5. The number of carbonyl (C=O) groups is 1. The van der Waals surface area contributed by atoms with Crippen molar-refractivity contribution in [3.05, 3.63) is 73.3 Å². The van der Waals surface area contributed by atoms with Crippen molar-refractivity contribution in [1.82, 2.24) is 5.32 Å². The lowest BCUT2D eigenvalue weighted by molar-refractivity contribution is -0.385. The highest BCUT2D eigenvalue weighted by molar-refractivity contribution is 6.33. The van der Waals surface area contributed by atoms with Crippen molar-refractivity contribution in [2.24, 2.45) is 0 Å². The van der Waals surface area contributed by atoms with Crippen molar-refractivity contribution in [2.45, 2.75) is 0 Å². The number of hydrogen-bond acceptors (Lipinski definition) is 6. The number of benzene rings is 2. The Bertz CT molecular complexity index is 810. The van der Waals surface area contributed by atoms with E-state index in [1.807, 2.05) is 0 Å². The van der Waals surface area contributed by atoms with E-state index < -0.39 is 15.8 Å². The Balaban J connectivity index is 1.87. The third-order valence-electron chi connectivity index (χ3n) is 3.22. The number of halogens is 1. The Morgan fingerprint density at radius 1 is 0.960 bits per heavy atom. The third kappa shape index (κ3) is 4.88. The monoisotopic (exact) mass is 364 g/mol. The third-order valence-corrected chi connectivity index (χ3v) is 3.55. The van der Waals surface area contributed by atoms with Crippen LogP contribution in [0.15, 0.2) is 42.5 Å². The predicted octanol–water partition coefficient (Wildman–Crippen LogP) is 3.00. The second-order valence-electron chi connectivity index (χ2n) is 4.91. The molecule has 130 valence electrons. The van der Waals surface area contributed by atoms with Gasteiger partial charge in [-0.05, 0) is 18.2 Å². The molecule has 0 aliphatic rings. The molecule has 9 nitrogen and oxygen atoms in total. The maximum Gasteiger partial charge on any atom is 0.270 e. The Labute approximate surface area is 146 Å². The summed E-state index contributed by atoms with van der Waals surface area (Å²) in [6.07, 6.45) is 0. The number of nitrogens with zero attached hydrogens (tertiary/aromatic N) is 2. The molecule has 2 aromatic carbocycles. The second kappa shape index (κ2) is 8.06. The molecule has 0 aliphatic carbocycles. The maximum absolute atomic E-state index is 12.1. The van der Waals surface area contributed by atoms with Crippen molar-refractivity contribution in [3.63, 3.8) is 0 Å². The highest BCUT2D eigenvalue weighted by Crippen LogP contribution is 2.21. The Morgan fingerprint density at radius 3 is 2.16 bits per heavy atom. The minimum Gasteiger partial charge on any atom is -0.383 e.